The van der Waals surface area contributed by atoms with Crippen LogP contribution in [0.5, 0.6) is 5.75 Å². The highest BCUT2D eigenvalue weighted by molar-refractivity contribution is 5.62. The largest absolute Gasteiger partial charge is 0.497 e. The highest BCUT2D eigenvalue weighted by Gasteiger charge is 2.05. The van der Waals surface area contributed by atoms with Gasteiger partial charge in [0.25, 0.3) is 0 Å². The first-order valence-electron chi connectivity index (χ1n) is 6.63. The summed E-state index contributed by atoms with van der Waals surface area (Å²) in [6.45, 7) is 0.666. The summed E-state index contributed by atoms with van der Waals surface area (Å²) in [5.41, 5.74) is 9.43. The Balaban J connectivity index is 1.78. The van der Waals surface area contributed by atoms with Gasteiger partial charge in [0, 0.05) is 11.3 Å². The molecule has 1 heterocycles. The molecule has 5 nitrogen and oxygen atoms in total. The fraction of sp³-hybridized carbons (Fsp3) is 0.125. The van der Waals surface area contributed by atoms with Gasteiger partial charge in [-0.2, -0.15) is 0 Å². The maximum atomic E-state index is 5.79. The maximum Gasteiger partial charge on any atom is 0.118 e. The summed E-state index contributed by atoms with van der Waals surface area (Å²) in [5, 5.41) is 8.34. The second-order valence-corrected chi connectivity index (χ2v) is 4.77. The van der Waals surface area contributed by atoms with Crippen molar-refractivity contribution in [3.8, 4) is 17.0 Å². The van der Waals surface area contributed by atoms with Crippen LogP contribution in [0.25, 0.3) is 11.3 Å². The van der Waals surface area contributed by atoms with Crippen molar-refractivity contribution in [2.45, 2.75) is 6.54 Å². The van der Waals surface area contributed by atoms with Crippen LogP contribution in [-0.4, -0.2) is 22.1 Å². The standard InChI is InChI=1S/C16H16N4O/c1-21-15-7-5-12(6-8-15)10-20-11-16(18-19-20)13-3-2-4-14(17)9-13/h2-9,11H,10,17H2,1H3. The zero-order valence-electron chi connectivity index (χ0n) is 11.7. The van der Waals surface area contributed by atoms with E-state index in [0.717, 1.165) is 28.3 Å². The Bertz CT molecular complexity index is 734. The van der Waals surface area contributed by atoms with Gasteiger partial charge in [-0.05, 0) is 29.8 Å². The van der Waals surface area contributed by atoms with Gasteiger partial charge in [-0.3, -0.25) is 0 Å². The van der Waals surface area contributed by atoms with Crippen LogP contribution in [0.4, 0.5) is 5.69 Å². The lowest BCUT2D eigenvalue weighted by Gasteiger charge is -2.03. The van der Waals surface area contributed by atoms with Gasteiger partial charge in [-0.25, -0.2) is 4.68 Å². The van der Waals surface area contributed by atoms with Gasteiger partial charge < -0.3 is 10.5 Å². The molecule has 3 aromatic rings. The van der Waals surface area contributed by atoms with E-state index < -0.39 is 0 Å². The highest BCUT2D eigenvalue weighted by atomic mass is 16.5. The maximum absolute atomic E-state index is 5.79. The summed E-state index contributed by atoms with van der Waals surface area (Å²) >= 11 is 0. The van der Waals surface area contributed by atoms with Crippen LogP contribution in [0, 0.1) is 0 Å². The minimum Gasteiger partial charge on any atom is -0.497 e. The molecular formula is C16H16N4O. The predicted octanol–water partition coefficient (Wildman–Crippen LogP) is 2.58. The van der Waals surface area contributed by atoms with Crippen LogP contribution in [0.2, 0.25) is 0 Å². The fourth-order valence-corrected chi connectivity index (χ4v) is 2.12. The predicted molar refractivity (Wildman–Crippen MR) is 82.0 cm³/mol. The first kappa shape index (κ1) is 13.2. The lowest BCUT2D eigenvalue weighted by atomic mass is 10.1. The van der Waals surface area contributed by atoms with Gasteiger partial charge in [-0.15, -0.1) is 5.10 Å². The van der Waals surface area contributed by atoms with Gasteiger partial charge in [0.1, 0.15) is 11.4 Å². The Labute approximate surface area is 123 Å². The lowest BCUT2D eigenvalue weighted by molar-refractivity contribution is 0.414. The van der Waals surface area contributed by atoms with E-state index in [2.05, 4.69) is 10.3 Å². The average molecular weight is 280 g/mol. The molecule has 106 valence electrons. The second-order valence-electron chi connectivity index (χ2n) is 4.77. The zero-order chi connectivity index (χ0) is 14.7. The van der Waals surface area contributed by atoms with Gasteiger partial charge in [0.2, 0.25) is 0 Å². The lowest BCUT2D eigenvalue weighted by Crippen LogP contribution is -2.00. The number of methoxy groups -OCH3 is 1. The Morgan fingerprint density at radius 3 is 2.67 bits per heavy atom. The molecule has 5 heteroatoms. The summed E-state index contributed by atoms with van der Waals surface area (Å²) in [6.07, 6.45) is 1.92. The van der Waals surface area contributed by atoms with Crippen molar-refractivity contribution in [2.75, 3.05) is 12.8 Å². The fourth-order valence-electron chi connectivity index (χ4n) is 2.12. The molecule has 0 saturated carbocycles. The Kier molecular flexibility index (Phi) is 3.55. The molecule has 2 N–H and O–H groups in total. The van der Waals surface area contributed by atoms with Crippen LogP contribution in [0.3, 0.4) is 0 Å². The molecule has 0 aliphatic carbocycles. The highest BCUT2D eigenvalue weighted by Crippen LogP contribution is 2.19. The third kappa shape index (κ3) is 3.02. The Hall–Kier alpha value is -2.82. The Morgan fingerprint density at radius 2 is 1.95 bits per heavy atom. The minimum absolute atomic E-state index is 0.666. The number of ether oxygens (including phenoxy) is 1. The van der Waals surface area contributed by atoms with Crippen LogP contribution in [0.1, 0.15) is 5.56 Å². The van der Waals surface area contributed by atoms with Crippen molar-refractivity contribution < 1.29 is 4.74 Å². The molecule has 0 atom stereocenters. The molecule has 21 heavy (non-hydrogen) atoms. The van der Waals surface area contributed by atoms with E-state index in [1.54, 1.807) is 11.8 Å². The van der Waals surface area contributed by atoms with Gasteiger partial charge >= 0.3 is 0 Å². The van der Waals surface area contributed by atoms with Gasteiger partial charge in [-0.1, -0.05) is 29.5 Å². The normalized spacial score (nSPS) is 10.5. The Morgan fingerprint density at radius 1 is 1.14 bits per heavy atom. The summed E-state index contributed by atoms with van der Waals surface area (Å²) in [4.78, 5) is 0. The summed E-state index contributed by atoms with van der Waals surface area (Å²) in [7, 11) is 1.66. The number of nitrogens with two attached hydrogens (primary N) is 1. The first-order chi connectivity index (χ1) is 10.2. The average Bonchev–Trinajstić information content (AvgIpc) is 2.97. The van der Waals surface area contributed by atoms with E-state index in [1.807, 2.05) is 54.7 Å². The van der Waals surface area contributed by atoms with E-state index in [4.69, 9.17) is 10.5 Å². The van der Waals surface area contributed by atoms with Crippen LogP contribution in [-0.2, 0) is 6.54 Å². The first-order valence-corrected chi connectivity index (χ1v) is 6.63. The second kappa shape index (κ2) is 5.66. The molecule has 0 amide bonds. The van der Waals surface area contributed by atoms with Crippen molar-refractivity contribution in [3.63, 3.8) is 0 Å². The number of hydrogen-bond acceptors (Lipinski definition) is 4. The van der Waals surface area contributed by atoms with E-state index in [-0.39, 0.29) is 0 Å². The molecular weight excluding hydrogens is 264 g/mol. The van der Waals surface area contributed by atoms with E-state index in [1.165, 1.54) is 0 Å². The van der Waals surface area contributed by atoms with Crippen LogP contribution in [0.15, 0.2) is 54.7 Å². The number of aromatic nitrogens is 3. The number of anilines is 1. The number of hydrogen-bond donors (Lipinski definition) is 1. The van der Waals surface area contributed by atoms with Crippen LogP contribution < -0.4 is 10.5 Å². The van der Waals surface area contributed by atoms with Crippen LogP contribution >= 0.6 is 0 Å². The molecule has 0 fully saturated rings. The monoisotopic (exact) mass is 280 g/mol. The quantitative estimate of drug-likeness (QED) is 0.746. The molecule has 0 aliphatic rings. The van der Waals surface area contributed by atoms with Crippen molar-refractivity contribution >= 4 is 5.69 Å². The molecule has 0 spiro atoms. The van der Waals surface area contributed by atoms with Gasteiger partial charge in [0.15, 0.2) is 0 Å². The minimum atomic E-state index is 0.666. The molecule has 0 bridgehead atoms. The number of rotatable bonds is 4. The third-order valence-corrected chi connectivity index (χ3v) is 3.22. The molecule has 1 aromatic heterocycles. The van der Waals surface area contributed by atoms with Crippen molar-refractivity contribution in [1.29, 1.82) is 0 Å². The topological polar surface area (TPSA) is 66.0 Å². The van der Waals surface area contributed by atoms with Crippen molar-refractivity contribution in [1.82, 2.24) is 15.0 Å². The molecule has 0 aliphatic heterocycles. The number of benzene rings is 2. The van der Waals surface area contributed by atoms with E-state index >= 15 is 0 Å². The van der Waals surface area contributed by atoms with Crippen molar-refractivity contribution in [2.24, 2.45) is 0 Å². The summed E-state index contributed by atoms with van der Waals surface area (Å²) in [5.74, 6) is 0.845. The molecule has 2 aromatic carbocycles. The number of nitrogens with zero attached hydrogens (tertiary/aromatic N) is 3. The SMILES string of the molecule is COc1ccc(Cn2cc(-c3cccc(N)c3)nn2)cc1. The summed E-state index contributed by atoms with van der Waals surface area (Å²) in [6, 6.07) is 15.5. The summed E-state index contributed by atoms with van der Waals surface area (Å²) < 4.78 is 6.95. The van der Waals surface area contributed by atoms with E-state index in [0.29, 0.717) is 6.54 Å². The molecule has 0 unspecified atom stereocenters. The molecule has 0 saturated heterocycles. The third-order valence-electron chi connectivity index (χ3n) is 3.22. The molecule has 0 radical (unpaired) electrons. The van der Waals surface area contributed by atoms with Crippen molar-refractivity contribution in [3.05, 3.63) is 60.3 Å². The van der Waals surface area contributed by atoms with E-state index in [9.17, 15) is 0 Å². The van der Waals surface area contributed by atoms with Gasteiger partial charge in [0.05, 0.1) is 19.9 Å². The zero-order valence-corrected chi connectivity index (χ0v) is 11.7. The smallest absolute Gasteiger partial charge is 0.118 e. The molecule has 3 rings (SSSR count). The number of nitrogen functional groups attached to an aromatic ring is 1.